The zero-order chi connectivity index (χ0) is 20.4. The average molecular weight is 405 g/mol. The summed E-state index contributed by atoms with van der Waals surface area (Å²) < 4.78 is 0. The molecule has 1 unspecified atom stereocenters. The lowest BCUT2D eigenvalue weighted by molar-refractivity contribution is 0.265. The fourth-order valence-corrected chi connectivity index (χ4v) is 5.33. The number of nitrogens with zero attached hydrogens (tertiary/aromatic N) is 2. The van der Waals surface area contributed by atoms with Gasteiger partial charge in [0.05, 0.1) is 5.84 Å². The van der Waals surface area contributed by atoms with Crippen LogP contribution in [0.4, 0.5) is 0 Å². The minimum atomic E-state index is 0.809. The number of unbranched alkanes of at least 4 members (excludes halogenated alkanes) is 15. The molecule has 0 amide bonds. The molecule has 2 aliphatic heterocycles. The van der Waals surface area contributed by atoms with Crippen LogP contribution in [0.3, 0.4) is 0 Å². The Bertz CT molecular complexity index is 403. The molecule has 0 bridgehead atoms. The van der Waals surface area contributed by atoms with E-state index in [1.165, 1.54) is 154 Å². The van der Waals surface area contributed by atoms with E-state index in [-0.39, 0.29) is 0 Å². The fraction of sp³-hybridized carbons (Fsp3) is 0.963. The second-order valence-corrected chi connectivity index (χ2v) is 9.84. The Hall–Kier alpha value is -0.530. The van der Waals surface area contributed by atoms with Gasteiger partial charge in [0.2, 0.25) is 0 Å². The van der Waals surface area contributed by atoms with Crippen molar-refractivity contribution in [3.63, 3.8) is 0 Å². The summed E-state index contributed by atoms with van der Waals surface area (Å²) in [5.74, 6) is 1.45. The monoisotopic (exact) mass is 404 g/mol. The zero-order valence-electron chi connectivity index (χ0n) is 19.9. The predicted molar refractivity (Wildman–Crippen MR) is 130 cm³/mol. The number of aliphatic imine (C=N–C) groups is 1. The summed E-state index contributed by atoms with van der Waals surface area (Å²) in [5.41, 5.74) is 0. The highest BCUT2D eigenvalue weighted by Gasteiger charge is 2.25. The lowest BCUT2D eigenvalue weighted by Gasteiger charge is -2.35. The predicted octanol–water partition coefficient (Wildman–Crippen LogP) is 8.68. The Morgan fingerprint density at radius 1 is 0.690 bits per heavy atom. The van der Waals surface area contributed by atoms with Crippen LogP contribution >= 0.6 is 0 Å². The quantitative estimate of drug-likeness (QED) is 0.221. The first-order chi connectivity index (χ1) is 14.4. The van der Waals surface area contributed by atoms with E-state index < -0.39 is 0 Å². The highest BCUT2D eigenvalue weighted by Crippen LogP contribution is 2.25. The smallest absolute Gasteiger partial charge is 0.0991 e. The number of hydrogen-bond donors (Lipinski definition) is 0. The van der Waals surface area contributed by atoms with Crippen molar-refractivity contribution in [1.29, 1.82) is 0 Å². The Labute approximate surface area is 183 Å². The van der Waals surface area contributed by atoms with Gasteiger partial charge in [0.25, 0.3) is 0 Å². The third-order valence-electron chi connectivity index (χ3n) is 7.20. The number of rotatable bonds is 17. The Morgan fingerprint density at radius 2 is 1.24 bits per heavy atom. The molecule has 1 fully saturated rings. The summed E-state index contributed by atoms with van der Waals surface area (Å²) in [4.78, 5) is 7.52. The molecular formula is C27H52N2. The molecule has 0 N–H and O–H groups in total. The van der Waals surface area contributed by atoms with E-state index in [0.717, 1.165) is 12.6 Å². The van der Waals surface area contributed by atoms with Crippen molar-refractivity contribution in [1.82, 2.24) is 4.90 Å². The van der Waals surface area contributed by atoms with Crippen molar-refractivity contribution < 1.29 is 0 Å². The van der Waals surface area contributed by atoms with Crippen LogP contribution in [-0.2, 0) is 0 Å². The Morgan fingerprint density at radius 3 is 1.83 bits per heavy atom. The molecule has 0 spiro atoms. The van der Waals surface area contributed by atoms with Gasteiger partial charge in [0, 0.05) is 25.6 Å². The number of hydrogen-bond acceptors (Lipinski definition) is 2. The van der Waals surface area contributed by atoms with Crippen LogP contribution in [0, 0.1) is 0 Å². The number of fused-ring (bicyclic) bond motifs is 1. The van der Waals surface area contributed by atoms with Crippen LogP contribution < -0.4 is 0 Å². The molecular weight excluding hydrogens is 352 g/mol. The fourth-order valence-electron chi connectivity index (χ4n) is 5.33. The third kappa shape index (κ3) is 11.4. The van der Waals surface area contributed by atoms with Crippen molar-refractivity contribution in [3.05, 3.63) is 0 Å². The largest absolute Gasteiger partial charge is 0.357 e. The van der Waals surface area contributed by atoms with Crippen molar-refractivity contribution in [3.8, 4) is 0 Å². The molecule has 1 saturated heterocycles. The van der Waals surface area contributed by atoms with Crippen molar-refractivity contribution in [2.24, 2.45) is 4.99 Å². The second-order valence-electron chi connectivity index (χ2n) is 9.84. The van der Waals surface area contributed by atoms with Gasteiger partial charge in [-0.2, -0.15) is 0 Å². The highest BCUT2D eigenvalue weighted by molar-refractivity contribution is 5.83. The molecule has 0 aromatic heterocycles. The van der Waals surface area contributed by atoms with Crippen LogP contribution in [0.2, 0.25) is 0 Å². The maximum atomic E-state index is 4.83. The first-order valence-electron chi connectivity index (χ1n) is 13.7. The van der Waals surface area contributed by atoms with Gasteiger partial charge in [-0.15, -0.1) is 0 Å². The molecule has 29 heavy (non-hydrogen) atoms. The lowest BCUT2D eigenvalue weighted by Crippen LogP contribution is -2.42. The number of amidine groups is 1. The molecule has 170 valence electrons. The highest BCUT2D eigenvalue weighted by atomic mass is 15.2. The van der Waals surface area contributed by atoms with Crippen molar-refractivity contribution in [2.75, 3.05) is 13.1 Å². The molecule has 0 saturated carbocycles. The van der Waals surface area contributed by atoms with Crippen LogP contribution in [0.5, 0.6) is 0 Å². The Kier molecular flexibility index (Phi) is 14.7. The summed E-state index contributed by atoms with van der Waals surface area (Å²) >= 11 is 0. The molecule has 0 radical (unpaired) electrons. The SMILES string of the molecule is CCCCCCCCCCCCCCCCCCC1CCCCC2=NCCCN21. The Balaban J connectivity index is 1.35. The summed E-state index contributed by atoms with van der Waals surface area (Å²) in [5, 5.41) is 0. The van der Waals surface area contributed by atoms with E-state index in [1.807, 2.05) is 0 Å². The topological polar surface area (TPSA) is 15.6 Å². The molecule has 0 aromatic carbocycles. The standard InChI is InChI=1S/C27H52N2/c1-2-3-4-5-6-7-8-9-10-11-12-13-14-15-16-17-21-26-22-18-19-23-27-28-24-20-25-29(26)27/h26H,2-25H2,1H3. The van der Waals surface area contributed by atoms with Crippen LogP contribution in [-0.4, -0.2) is 29.9 Å². The molecule has 0 aromatic rings. The van der Waals surface area contributed by atoms with Crippen LogP contribution in [0.25, 0.3) is 0 Å². The molecule has 0 aliphatic carbocycles. The molecule has 2 rings (SSSR count). The van der Waals surface area contributed by atoms with Gasteiger partial charge in [0.1, 0.15) is 0 Å². The molecule has 1 atom stereocenters. The van der Waals surface area contributed by atoms with Gasteiger partial charge in [-0.05, 0) is 25.7 Å². The minimum Gasteiger partial charge on any atom is -0.357 e. The lowest BCUT2D eigenvalue weighted by atomic mass is 10.0. The van der Waals surface area contributed by atoms with Gasteiger partial charge in [-0.3, -0.25) is 4.99 Å². The van der Waals surface area contributed by atoms with E-state index in [4.69, 9.17) is 4.99 Å². The van der Waals surface area contributed by atoms with Gasteiger partial charge >= 0.3 is 0 Å². The van der Waals surface area contributed by atoms with Crippen molar-refractivity contribution >= 4 is 5.84 Å². The normalized spacial score (nSPS) is 19.7. The van der Waals surface area contributed by atoms with E-state index >= 15 is 0 Å². The molecule has 2 nitrogen and oxygen atoms in total. The van der Waals surface area contributed by atoms with E-state index in [9.17, 15) is 0 Å². The molecule has 2 aliphatic rings. The van der Waals surface area contributed by atoms with Gasteiger partial charge in [-0.1, -0.05) is 116 Å². The average Bonchev–Trinajstić information content (AvgIpc) is 2.96. The third-order valence-corrected chi connectivity index (χ3v) is 7.20. The van der Waals surface area contributed by atoms with Gasteiger partial charge in [-0.25, -0.2) is 0 Å². The van der Waals surface area contributed by atoms with E-state index in [2.05, 4.69) is 11.8 Å². The minimum absolute atomic E-state index is 0.809. The van der Waals surface area contributed by atoms with Crippen molar-refractivity contribution in [2.45, 2.75) is 154 Å². The van der Waals surface area contributed by atoms with E-state index in [1.54, 1.807) is 0 Å². The molecule has 2 heterocycles. The summed E-state index contributed by atoms with van der Waals surface area (Å²) in [6.45, 7) is 4.66. The molecule has 2 heteroatoms. The summed E-state index contributed by atoms with van der Waals surface area (Å²) in [6, 6.07) is 0.809. The van der Waals surface area contributed by atoms with E-state index in [0.29, 0.717) is 0 Å². The zero-order valence-corrected chi connectivity index (χ0v) is 19.9. The summed E-state index contributed by atoms with van der Waals surface area (Å²) in [6.07, 6.45) is 31.5. The van der Waals surface area contributed by atoms with Gasteiger partial charge in [0.15, 0.2) is 0 Å². The van der Waals surface area contributed by atoms with Gasteiger partial charge < -0.3 is 4.90 Å². The second kappa shape index (κ2) is 17.2. The maximum Gasteiger partial charge on any atom is 0.0991 e. The van der Waals surface area contributed by atoms with Crippen LogP contribution in [0.1, 0.15) is 148 Å². The first kappa shape index (κ1) is 24.7. The first-order valence-corrected chi connectivity index (χ1v) is 13.7. The maximum absolute atomic E-state index is 4.83. The summed E-state index contributed by atoms with van der Waals surface area (Å²) in [7, 11) is 0. The van der Waals surface area contributed by atoms with Crippen LogP contribution in [0.15, 0.2) is 4.99 Å².